The van der Waals surface area contributed by atoms with Crippen LogP contribution in [0.3, 0.4) is 0 Å². The molecule has 1 heterocycles. The van der Waals surface area contributed by atoms with Crippen molar-refractivity contribution < 1.29 is 43.8 Å². The van der Waals surface area contributed by atoms with Gasteiger partial charge in [0, 0.05) is 25.4 Å². The molecule has 0 unspecified atom stereocenters. The standard InChI is InChI=1S/C31H53N5O9/c1-8-19(9-2)26(40)35-25(31(5,6)7)29(43)33-21(17-23(37)36-14-10-11-15-36)28(42)32-20(12-13-24(38)39)27(41)34-22(30(44)45)16-18(3)4/h18-22,25H,8-17H2,1-7H3,(H,32,42)(H,33,43)(H,34,41)(H,35,40)(H,38,39)(H,44,45)/t20-,21-,22-,25+/m0/s1. The van der Waals surface area contributed by atoms with E-state index in [0.717, 1.165) is 12.8 Å². The van der Waals surface area contributed by atoms with Crippen LogP contribution < -0.4 is 21.3 Å². The zero-order chi connectivity index (χ0) is 34.5. The van der Waals surface area contributed by atoms with Crippen molar-refractivity contribution >= 4 is 41.5 Å². The zero-order valence-corrected chi connectivity index (χ0v) is 27.7. The first-order valence-corrected chi connectivity index (χ1v) is 15.8. The van der Waals surface area contributed by atoms with Gasteiger partial charge >= 0.3 is 11.9 Å². The largest absolute Gasteiger partial charge is 0.481 e. The first-order valence-electron chi connectivity index (χ1n) is 15.8. The summed E-state index contributed by atoms with van der Waals surface area (Å²) < 4.78 is 0. The van der Waals surface area contributed by atoms with Gasteiger partial charge in [0.15, 0.2) is 0 Å². The number of nitrogens with one attached hydrogen (secondary N) is 4. The molecule has 1 aliphatic heterocycles. The average Bonchev–Trinajstić information content (AvgIpc) is 3.48. The van der Waals surface area contributed by atoms with Crippen molar-refractivity contribution in [2.75, 3.05) is 13.1 Å². The number of amides is 5. The van der Waals surface area contributed by atoms with Gasteiger partial charge in [0.05, 0.1) is 6.42 Å². The van der Waals surface area contributed by atoms with Crippen LogP contribution in [0.2, 0.25) is 0 Å². The lowest BCUT2D eigenvalue weighted by molar-refractivity contribution is -0.143. The van der Waals surface area contributed by atoms with Crippen LogP contribution in [0.15, 0.2) is 0 Å². The maximum atomic E-state index is 13.7. The predicted molar refractivity (Wildman–Crippen MR) is 166 cm³/mol. The summed E-state index contributed by atoms with van der Waals surface area (Å²) in [7, 11) is 0. The molecule has 4 atom stereocenters. The van der Waals surface area contributed by atoms with E-state index in [0.29, 0.717) is 25.9 Å². The number of rotatable bonds is 18. The van der Waals surface area contributed by atoms with Gasteiger partial charge in [0.2, 0.25) is 29.5 Å². The van der Waals surface area contributed by atoms with E-state index >= 15 is 0 Å². The number of carboxylic acid groups (broad SMARTS) is 2. The van der Waals surface area contributed by atoms with Crippen molar-refractivity contribution in [3.8, 4) is 0 Å². The van der Waals surface area contributed by atoms with Crippen molar-refractivity contribution in [1.82, 2.24) is 26.2 Å². The maximum Gasteiger partial charge on any atom is 0.326 e. The number of carboxylic acids is 2. The molecule has 0 aromatic rings. The molecule has 14 nitrogen and oxygen atoms in total. The Hall–Kier alpha value is -3.71. The van der Waals surface area contributed by atoms with Gasteiger partial charge < -0.3 is 36.4 Å². The third-order valence-electron chi connectivity index (χ3n) is 7.84. The highest BCUT2D eigenvalue weighted by Crippen LogP contribution is 2.21. The lowest BCUT2D eigenvalue weighted by atomic mass is 9.85. The van der Waals surface area contributed by atoms with Crippen LogP contribution in [0, 0.1) is 17.3 Å². The Kier molecular flexibility index (Phi) is 16.0. The second-order valence-electron chi connectivity index (χ2n) is 13.2. The van der Waals surface area contributed by atoms with Crippen molar-refractivity contribution in [3.05, 3.63) is 0 Å². The molecule has 256 valence electrons. The van der Waals surface area contributed by atoms with E-state index in [1.165, 1.54) is 0 Å². The molecule has 14 heteroatoms. The monoisotopic (exact) mass is 639 g/mol. The van der Waals surface area contributed by atoms with Gasteiger partial charge in [0.25, 0.3) is 0 Å². The molecule has 1 saturated heterocycles. The Bertz CT molecular complexity index is 1060. The van der Waals surface area contributed by atoms with E-state index in [1.807, 2.05) is 13.8 Å². The van der Waals surface area contributed by atoms with Gasteiger partial charge in [-0.15, -0.1) is 0 Å². The second-order valence-corrected chi connectivity index (χ2v) is 13.2. The first kappa shape index (κ1) is 39.3. The molecule has 0 aliphatic carbocycles. The van der Waals surface area contributed by atoms with Crippen LogP contribution in [0.5, 0.6) is 0 Å². The Labute approximate surface area is 265 Å². The van der Waals surface area contributed by atoms with E-state index < -0.39 is 78.0 Å². The Morgan fingerprint density at radius 2 is 1.24 bits per heavy atom. The van der Waals surface area contributed by atoms with Crippen molar-refractivity contribution in [3.63, 3.8) is 0 Å². The van der Waals surface area contributed by atoms with Crippen molar-refractivity contribution in [2.45, 2.75) is 124 Å². The highest BCUT2D eigenvalue weighted by molar-refractivity contribution is 5.97. The summed E-state index contributed by atoms with van der Waals surface area (Å²) in [4.78, 5) is 91.1. The zero-order valence-electron chi connectivity index (χ0n) is 27.7. The van der Waals surface area contributed by atoms with Crippen LogP contribution in [0.4, 0.5) is 0 Å². The number of carbonyl (C=O) groups excluding carboxylic acids is 5. The Morgan fingerprint density at radius 3 is 1.71 bits per heavy atom. The van der Waals surface area contributed by atoms with Crippen molar-refractivity contribution in [1.29, 1.82) is 0 Å². The summed E-state index contributed by atoms with van der Waals surface area (Å²) in [6.07, 6.45) is 1.50. The van der Waals surface area contributed by atoms with Gasteiger partial charge in [-0.25, -0.2) is 4.79 Å². The van der Waals surface area contributed by atoms with Crippen LogP contribution in [-0.4, -0.2) is 93.8 Å². The fraction of sp³-hybridized carbons (Fsp3) is 0.774. The molecule has 0 aromatic carbocycles. The van der Waals surface area contributed by atoms with E-state index in [2.05, 4.69) is 21.3 Å². The third-order valence-corrected chi connectivity index (χ3v) is 7.84. The fourth-order valence-electron chi connectivity index (χ4n) is 5.10. The Balaban J connectivity index is 3.34. The van der Waals surface area contributed by atoms with Gasteiger partial charge in [-0.05, 0) is 49.9 Å². The number of hydrogen-bond donors (Lipinski definition) is 6. The average molecular weight is 640 g/mol. The van der Waals surface area contributed by atoms with Crippen LogP contribution in [0.25, 0.3) is 0 Å². The minimum absolute atomic E-state index is 0.0872. The summed E-state index contributed by atoms with van der Waals surface area (Å²) in [6, 6.07) is -5.27. The van der Waals surface area contributed by atoms with Crippen LogP contribution in [0.1, 0.15) is 99.8 Å². The highest BCUT2D eigenvalue weighted by Gasteiger charge is 2.38. The molecule has 0 aromatic heterocycles. The van der Waals surface area contributed by atoms with Gasteiger partial charge in [0.1, 0.15) is 24.2 Å². The third kappa shape index (κ3) is 13.4. The molecule has 1 aliphatic rings. The minimum Gasteiger partial charge on any atom is -0.481 e. The van der Waals surface area contributed by atoms with Crippen LogP contribution >= 0.6 is 0 Å². The first-order chi connectivity index (χ1) is 20.9. The quantitative estimate of drug-likeness (QED) is 0.128. The lowest BCUT2D eigenvalue weighted by Gasteiger charge is -2.33. The number of nitrogens with zero attached hydrogens (tertiary/aromatic N) is 1. The molecule has 0 saturated carbocycles. The summed E-state index contributed by atoms with van der Waals surface area (Å²) in [6.45, 7) is 13.5. The summed E-state index contributed by atoms with van der Waals surface area (Å²) in [5, 5.41) is 29.0. The highest BCUT2D eigenvalue weighted by atomic mass is 16.4. The van der Waals surface area contributed by atoms with Gasteiger partial charge in [-0.3, -0.25) is 28.8 Å². The smallest absolute Gasteiger partial charge is 0.326 e. The number of carbonyl (C=O) groups is 7. The normalized spacial score (nSPS) is 16.0. The molecule has 0 radical (unpaired) electrons. The molecule has 0 spiro atoms. The lowest BCUT2D eigenvalue weighted by Crippen LogP contribution is -2.60. The Morgan fingerprint density at radius 1 is 0.733 bits per heavy atom. The summed E-state index contributed by atoms with van der Waals surface area (Å²) in [5.41, 5.74) is -0.780. The molecule has 1 fully saturated rings. The van der Waals surface area contributed by atoms with E-state index in [1.54, 1.807) is 39.5 Å². The van der Waals surface area contributed by atoms with Crippen molar-refractivity contribution in [2.24, 2.45) is 17.3 Å². The predicted octanol–water partition coefficient (Wildman–Crippen LogP) is 1.42. The van der Waals surface area contributed by atoms with E-state index in [9.17, 15) is 43.8 Å². The maximum absolute atomic E-state index is 13.7. The molecular formula is C31H53N5O9. The fourth-order valence-corrected chi connectivity index (χ4v) is 5.10. The second kappa shape index (κ2) is 18.3. The molecule has 6 N–H and O–H groups in total. The van der Waals surface area contributed by atoms with E-state index in [-0.39, 0.29) is 30.6 Å². The molecule has 5 amide bonds. The van der Waals surface area contributed by atoms with E-state index in [4.69, 9.17) is 0 Å². The summed E-state index contributed by atoms with van der Waals surface area (Å²) in [5.74, 6) is -6.17. The molecule has 1 rings (SSSR count). The van der Waals surface area contributed by atoms with Gasteiger partial charge in [-0.1, -0.05) is 48.5 Å². The number of likely N-dealkylation sites (tertiary alicyclic amines) is 1. The van der Waals surface area contributed by atoms with Gasteiger partial charge in [-0.2, -0.15) is 0 Å². The minimum atomic E-state index is -1.47. The summed E-state index contributed by atoms with van der Waals surface area (Å²) >= 11 is 0. The topological polar surface area (TPSA) is 211 Å². The molecular weight excluding hydrogens is 586 g/mol. The van der Waals surface area contributed by atoms with Crippen LogP contribution in [-0.2, 0) is 33.6 Å². The molecule has 45 heavy (non-hydrogen) atoms. The molecule has 0 bridgehead atoms. The number of hydrogen-bond acceptors (Lipinski definition) is 7. The SMILES string of the molecule is CCC(CC)C(=O)N[C@H](C(=O)N[C@@H](CC(=O)N1CCCC1)C(=O)N[C@@H](CCC(=O)O)C(=O)N[C@@H](CC(C)C)C(=O)O)C(C)(C)C. The number of aliphatic carboxylic acids is 2.